The van der Waals surface area contributed by atoms with Gasteiger partial charge in [-0.05, 0) is 26.3 Å². The van der Waals surface area contributed by atoms with E-state index in [1.807, 2.05) is 6.07 Å². The van der Waals surface area contributed by atoms with Crippen molar-refractivity contribution in [3.8, 4) is 0 Å². The molecule has 0 aliphatic carbocycles. The standard InChI is InChI=1S/C15H22N2O4/c1-15(2,3)21-14(20)17-12(11(9-16)13(18)19)10-7-5-4-6-8-10/h4-8,11-12H,9,16H2,1-3H3,(H,17,20)(H,18,19). The van der Waals surface area contributed by atoms with E-state index in [1.165, 1.54) is 0 Å². The summed E-state index contributed by atoms with van der Waals surface area (Å²) in [6, 6.07) is 8.10. The molecule has 0 aromatic heterocycles. The summed E-state index contributed by atoms with van der Waals surface area (Å²) in [4.78, 5) is 23.3. The van der Waals surface area contributed by atoms with Gasteiger partial charge in [-0.2, -0.15) is 0 Å². The summed E-state index contributed by atoms with van der Waals surface area (Å²) in [5.74, 6) is -2.00. The quantitative estimate of drug-likeness (QED) is 0.770. The minimum Gasteiger partial charge on any atom is -0.481 e. The van der Waals surface area contributed by atoms with Crippen molar-refractivity contribution in [2.75, 3.05) is 6.54 Å². The maximum Gasteiger partial charge on any atom is 0.408 e. The van der Waals surface area contributed by atoms with Gasteiger partial charge in [-0.3, -0.25) is 4.79 Å². The predicted octanol–water partition coefficient (Wildman–Crippen LogP) is 1.91. The van der Waals surface area contributed by atoms with Gasteiger partial charge in [0.05, 0.1) is 12.0 Å². The van der Waals surface area contributed by atoms with E-state index in [0.717, 1.165) is 0 Å². The number of aliphatic carboxylic acids is 1. The number of hydrogen-bond donors (Lipinski definition) is 3. The molecule has 2 unspecified atom stereocenters. The van der Waals surface area contributed by atoms with Crippen molar-refractivity contribution >= 4 is 12.1 Å². The first kappa shape index (κ1) is 17.0. The molecule has 6 heteroatoms. The third-order valence-corrected chi connectivity index (χ3v) is 2.80. The molecule has 0 fully saturated rings. The van der Waals surface area contributed by atoms with Crippen molar-refractivity contribution in [3.63, 3.8) is 0 Å². The van der Waals surface area contributed by atoms with Crippen LogP contribution in [0.15, 0.2) is 30.3 Å². The van der Waals surface area contributed by atoms with Gasteiger partial charge >= 0.3 is 12.1 Å². The second kappa shape index (κ2) is 7.08. The lowest BCUT2D eigenvalue weighted by Crippen LogP contribution is -2.42. The summed E-state index contributed by atoms with van der Waals surface area (Å²) < 4.78 is 5.18. The Morgan fingerprint density at radius 3 is 2.29 bits per heavy atom. The third-order valence-electron chi connectivity index (χ3n) is 2.80. The number of carbonyl (C=O) groups excluding carboxylic acids is 1. The molecule has 4 N–H and O–H groups in total. The molecular weight excluding hydrogens is 272 g/mol. The van der Waals surface area contributed by atoms with Gasteiger partial charge in [0.15, 0.2) is 0 Å². The second-order valence-corrected chi connectivity index (χ2v) is 5.72. The van der Waals surface area contributed by atoms with E-state index in [0.29, 0.717) is 5.56 Å². The topological polar surface area (TPSA) is 102 Å². The first-order chi connectivity index (χ1) is 9.74. The van der Waals surface area contributed by atoms with Crippen LogP contribution in [0.1, 0.15) is 32.4 Å². The molecule has 1 rings (SSSR count). The maximum atomic E-state index is 11.9. The molecule has 0 saturated carbocycles. The van der Waals surface area contributed by atoms with Crippen LogP contribution in [0.5, 0.6) is 0 Å². The van der Waals surface area contributed by atoms with Gasteiger partial charge in [0, 0.05) is 6.54 Å². The number of nitrogens with two attached hydrogens (primary N) is 1. The molecule has 6 nitrogen and oxygen atoms in total. The van der Waals surface area contributed by atoms with Crippen LogP contribution in [0.25, 0.3) is 0 Å². The largest absolute Gasteiger partial charge is 0.481 e. The molecule has 0 aliphatic rings. The van der Waals surface area contributed by atoms with Crippen LogP contribution in [0.4, 0.5) is 4.79 Å². The molecule has 0 bridgehead atoms. The number of ether oxygens (including phenoxy) is 1. The van der Waals surface area contributed by atoms with Gasteiger partial charge in [-0.15, -0.1) is 0 Å². The number of nitrogens with one attached hydrogen (secondary N) is 1. The molecule has 21 heavy (non-hydrogen) atoms. The number of alkyl carbamates (subject to hydrolysis) is 1. The fourth-order valence-electron chi connectivity index (χ4n) is 1.89. The Kier molecular flexibility index (Phi) is 5.72. The number of carboxylic acid groups (broad SMARTS) is 1. The minimum atomic E-state index is -1.07. The van der Waals surface area contributed by atoms with Crippen molar-refractivity contribution in [3.05, 3.63) is 35.9 Å². The zero-order valence-corrected chi connectivity index (χ0v) is 12.5. The van der Waals surface area contributed by atoms with Crippen LogP contribution in [-0.2, 0) is 9.53 Å². The molecule has 0 radical (unpaired) electrons. The fourth-order valence-corrected chi connectivity index (χ4v) is 1.89. The lowest BCUT2D eigenvalue weighted by Gasteiger charge is -2.27. The molecule has 116 valence electrons. The van der Waals surface area contributed by atoms with Gasteiger partial charge in [0.2, 0.25) is 0 Å². The van der Waals surface area contributed by atoms with E-state index in [-0.39, 0.29) is 6.54 Å². The summed E-state index contributed by atoms with van der Waals surface area (Å²) in [6.45, 7) is 5.12. The Balaban J connectivity index is 2.98. The van der Waals surface area contributed by atoms with E-state index in [9.17, 15) is 14.7 Å². The van der Waals surface area contributed by atoms with E-state index < -0.39 is 29.6 Å². The molecule has 1 aromatic carbocycles. The third kappa shape index (κ3) is 5.43. The minimum absolute atomic E-state index is 0.0926. The van der Waals surface area contributed by atoms with Gasteiger partial charge in [0.1, 0.15) is 5.60 Å². The average Bonchev–Trinajstić information content (AvgIpc) is 2.37. The van der Waals surface area contributed by atoms with Crippen molar-refractivity contribution < 1.29 is 19.4 Å². The number of benzene rings is 1. The van der Waals surface area contributed by atoms with Gasteiger partial charge in [-0.1, -0.05) is 30.3 Å². The van der Waals surface area contributed by atoms with E-state index >= 15 is 0 Å². The van der Waals surface area contributed by atoms with Crippen LogP contribution < -0.4 is 11.1 Å². The van der Waals surface area contributed by atoms with Gasteiger partial charge < -0.3 is 20.9 Å². The molecule has 2 atom stereocenters. The SMILES string of the molecule is CC(C)(C)OC(=O)NC(c1ccccc1)C(CN)C(=O)O. The fraction of sp³-hybridized carbons (Fsp3) is 0.467. The Hall–Kier alpha value is -2.08. The lowest BCUT2D eigenvalue weighted by molar-refractivity contribution is -0.142. The summed E-state index contributed by atoms with van der Waals surface area (Å²) in [5, 5.41) is 11.9. The molecule has 0 spiro atoms. The number of hydrogen-bond acceptors (Lipinski definition) is 4. The van der Waals surface area contributed by atoms with Crippen molar-refractivity contribution in [1.29, 1.82) is 0 Å². The monoisotopic (exact) mass is 294 g/mol. The summed E-state index contributed by atoms with van der Waals surface area (Å²) in [5.41, 5.74) is 5.55. The summed E-state index contributed by atoms with van der Waals surface area (Å²) in [7, 11) is 0. The van der Waals surface area contributed by atoms with Crippen LogP contribution in [0.3, 0.4) is 0 Å². The number of rotatable bonds is 5. The average molecular weight is 294 g/mol. The highest BCUT2D eigenvalue weighted by Crippen LogP contribution is 2.22. The Morgan fingerprint density at radius 1 is 1.29 bits per heavy atom. The predicted molar refractivity (Wildman–Crippen MR) is 78.7 cm³/mol. The molecule has 0 aliphatic heterocycles. The van der Waals surface area contributed by atoms with E-state index in [2.05, 4.69) is 5.32 Å². The zero-order valence-electron chi connectivity index (χ0n) is 12.5. The van der Waals surface area contributed by atoms with Gasteiger partial charge in [0.25, 0.3) is 0 Å². The van der Waals surface area contributed by atoms with Crippen molar-refractivity contribution in [2.24, 2.45) is 11.7 Å². The Bertz CT molecular complexity index is 482. The second-order valence-electron chi connectivity index (χ2n) is 5.72. The smallest absolute Gasteiger partial charge is 0.408 e. The number of carbonyl (C=O) groups is 2. The van der Waals surface area contributed by atoms with E-state index in [1.54, 1.807) is 45.0 Å². The molecule has 0 heterocycles. The first-order valence-electron chi connectivity index (χ1n) is 6.72. The highest BCUT2D eigenvalue weighted by atomic mass is 16.6. The lowest BCUT2D eigenvalue weighted by atomic mass is 9.93. The molecule has 1 amide bonds. The highest BCUT2D eigenvalue weighted by Gasteiger charge is 2.31. The van der Waals surface area contributed by atoms with Crippen LogP contribution in [0, 0.1) is 5.92 Å². The van der Waals surface area contributed by atoms with Crippen LogP contribution in [0.2, 0.25) is 0 Å². The Labute approximate surface area is 124 Å². The van der Waals surface area contributed by atoms with Crippen molar-refractivity contribution in [1.82, 2.24) is 5.32 Å². The normalized spacial score (nSPS) is 14.1. The number of carboxylic acids is 1. The maximum absolute atomic E-state index is 11.9. The Morgan fingerprint density at radius 2 is 1.86 bits per heavy atom. The van der Waals surface area contributed by atoms with Crippen molar-refractivity contribution in [2.45, 2.75) is 32.4 Å². The van der Waals surface area contributed by atoms with Gasteiger partial charge in [-0.25, -0.2) is 4.79 Å². The number of amides is 1. The van der Waals surface area contributed by atoms with Crippen LogP contribution >= 0.6 is 0 Å². The molecule has 0 saturated heterocycles. The zero-order chi connectivity index (χ0) is 16.0. The highest BCUT2D eigenvalue weighted by molar-refractivity contribution is 5.74. The van der Waals surface area contributed by atoms with E-state index in [4.69, 9.17) is 10.5 Å². The molecule has 1 aromatic rings. The summed E-state index contributed by atoms with van der Waals surface area (Å²) >= 11 is 0. The van der Waals surface area contributed by atoms with Crippen LogP contribution in [-0.4, -0.2) is 29.3 Å². The first-order valence-corrected chi connectivity index (χ1v) is 6.72. The summed E-state index contributed by atoms with van der Waals surface area (Å²) in [6.07, 6.45) is -0.670. The molecular formula is C15H22N2O4.